The molecule has 1 fully saturated rings. The highest BCUT2D eigenvalue weighted by Gasteiger charge is 2.18. The Balaban J connectivity index is 1.96. The van der Waals surface area contributed by atoms with Crippen molar-refractivity contribution in [3.8, 4) is 0 Å². The molecule has 5 nitrogen and oxygen atoms in total. The number of hydrogen-bond donors (Lipinski definition) is 1. The summed E-state index contributed by atoms with van der Waals surface area (Å²) in [6.07, 6.45) is 1.68. The molecular weight excluding hydrogens is 282 g/mol. The minimum absolute atomic E-state index is 0.992. The minimum Gasteiger partial charge on any atom is -0.353 e. The van der Waals surface area contributed by atoms with E-state index in [4.69, 9.17) is 4.98 Å². The Bertz CT molecular complexity index is 820. The molecule has 21 heavy (non-hydrogen) atoms. The Hall–Kier alpha value is -1.79. The fourth-order valence-corrected chi connectivity index (χ4v) is 3.95. The number of piperazine rings is 1. The zero-order valence-electron chi connectivity index (χ0n) is 12.2. The highest BCUT2D eigenvalue weighted by Crippen LogP contribution is 2.36. The Morgan fingerprint density at radius 2 is 2.00 bits per heavy atom. The van der Waals surface area contributed by atoms with Gasteiger partial charge in [0, 0.05) is 37.3 Å². The lowest BCUT2D eigenvalue weighted by molar-refractivity contribution is 0.586. The van der Waals surface area contributed by atoms with E-state index in [2.05, 4.69) is 40.1 Å². The van der Waals surface area contributed by atoms with Gasteiger partial charge in [-0.1, -0.05) is 0 Å². The van der Waals surface area contributed by atoms with Crippen LogP contribution in [0.5, 0.6) is 0 Å². The molecule has 0 bridgehead atoms. The summed E-state index contributed by atoms with van der Waals surface area (Å²) in [5.74, 6) is 1.06. The van der Waals surface area contributed by atoms with E-state index in [9.17, 15) is 0 Å². The first-order valence-corrected chi connectivity index (χ1v) is 8.03. The van der Waals surface area contributed by atoms with Crippen molar-refractivity contribution in [2.75, 3.05) is 31.1 Å². The number of pyridine rings is 1. The fraction of sp³-hybridized carbons (Fsp3) is 0.400. The Labute approximate surface area is 127 Å². The van der Waals surface area contributed by atoms with Crippen LogP contribution in [0.15, 0.2) is 12.4 Å². The van der Waals surface area contributed by atoms with E-state index in [-0.39, 0.29) is 0 Å². The van der Waals surface area contributed by atoms with Crippen LogP contribution in [0.2, 0.25) is 0 Å². The van der Waals surface area contributed by atoms with Crippen LogP contribution in [0.3, 0.4) is 0 Å². The lowest BCUT2D eigenvalue weighted by Gasteiger charge is -2.28. The van der Waals surface area contributed by atoms with Crippen molar-refractivity contribution in [1.82, 2.24) is 20.3 Å². The monoisotopic (exact) mass is 299 g/mol. The van der Waals surface area contributed by atoms with Gasteiger partial charge in [-0.25, -0.2) is 15.0 Å². The van der Waals surface area contributed by atoms with Crippen LogP contribution in [0.4, 0.5) is 5.82 Å². The zero-order chi connectivity index (χ0) is 14.4. The average Bonchev–Trinajstić information content (AvgIpc) is 2.86. The summed E-state index contributed by atoms with van der Waals surface area (Å²) >= 11 is 1.71. The summed E-state index contributed by atoms with van der Waals surface area (Å²) in [6, 6.07) is 2.20. The molecule has 0 amide bonds. The molecule has 0 unspecified atom stereocenters. The first-order valence-electron chi connectivity index (χ1n) is 7.21. The highest BCUT2D eigenvalue weighted by atomic mass is 32.1. The van der Waals surface area contributed by atoms with Gasteiger partial charge in [0.25, 0.3) is 0 Å². The van der Waals surface area contributed by atoms with Crippen LogP contribution < -0.4 is 10.2 Å². The van der Waals surface area contributed by atoms with Crippen molar-refractivity contribution >= 4 is 37.6 Å². The SMILES string of the molecule is Cc1cc2c(nc1C)sc1c(N3CCNCC3)ncnc12. The molecule has 0 radical (unpaired) electrons. The second-order valence-corrected chi connectivity index (χ2v) is 6.46. The smallest absolute Gasteiger partial charge is 0.150 e. The molecule has 1 aliphatic heterocycles. The number of rotatable bonds is 1. The molecule has 1 saturated heterocycles. The standard InChI is InChI=1S/C15H17N5S/c1-9-7-11-12-13(21-15(11)19-10(9)2)14(18-8-17-12)20-5-3-16-4-6-20/h7-8,16H,3-6H2,1-2H3. The molecule has 108 valence electrons. The molecule has 0 saturated carbocycles. The van der Waals surface area contributed by atoms with E-state index in [1.807, 2.05) is 0 Å². The molecule has 0 aliphatic carbocycles. The summed E-state index contributed by atoms with van der Waals surface area (Å²) in [5, 5.41) is 4.53. The Kier molecular flexibility index (Phi) is 3.01. The van der Waals surface area contributed by atoms with Gasteiger partial charge in [-0.15, -0.1) is 11.3 Å². The van der Waals surface area contributed by atoms with E-state index < -0.39 is 0 Å². The van der Waals surface area contributed by atoms with Gasteiger partial charge in [-0.05, 0) is 25.5 Å². The molecule has 3 aromatic rings. The van der Waals surface area contributed by atoms with E-state index in [0.717, 1.165) is 58.1 Å². The maximum Gasteiger partial charge on any atom is 0.150 e. The Morgan fingerprint density at radius 3 is 2.81 bits per heavy atom. The summed E-state index contributed by atoms with van der Waals surface area (Å²) < 4.78 is 1.16. The lowest BCUT2D eigenvalue weighted by atomic mass is 10.2. The van der Waals surface area contributed by atoms with Gasteiger partial charge in [0.2, 0.25) is 0 Å². The molecule has 1 N–H and O–H groups in total. The van der Waals surface area contributed by atoms with Gasteiger partial charge in [0.05, 0.1) is 10.2 Å². The third-order valence-corrected chi connectivity index (χ3v) is 5.17. The number of nitrogens with zero attached hydrogens (tertiary/aromatic N) is 4. The minimum atomic E-state index is 0.992. The van der Waals surface area contributed by atoms with Crippen molar-refractivity contribution in [2.45, 2.75) is 13.8 Å². The van der Waals surface area contributed by atoms with E-state index >= 15 is 0 Å². The first kappa shape index (κ1) is 12.9. The molecule has 4 heterocycles. The number of aryl methyl sites for hydroxylation is 2. The van der Waals surface area contributed by atoms with E-state index in [1.165, 1.54) is 5.56 Å². The zero-order valence-corrected chi connectivity index (χ0v) is 13.0. The van der Waals surface area contributed by atoms with Gasteiger partial charge < -0.3 is 10.2 Å². The topological polar surface area (TPSA) is 53.9 Å². The third-order valence-electron chi connectivity index (χ3n) is 4.09. The van der Waals surface area contributed by atoms with Gasteiger partial charge in [-0.2, -0.15) is 0 Å². The van der Waals surface area contributed by atoms with Crippen LogP contribution >= 0.6 is 11.3 Å². The second-order valence-electron chi connectivity index (χ2n) is 5.46. The van der Waals surface area contributed by atoms with Crippen LogP contribution in [-0.4, -0.2) is 41.1 Å². The van der Waals surface area contributed by atoms with Crippen molar-refractivity contribution in [1.29, 1.82) is 0 Å². The second kappa shape index (κ2) is 4.89. The maximum atomic E-state index is 4.72. The number of fused-ring (bicyclic) bond motifs is 3. The molecule has 0 atom stereocenters. The molecular formula is C15H17N5S. The average molecular weight is 299 g/mol. The number of nitrogens with one attached hydrogen (secondary N) is 1. The number of hydrogen-bond acceptors (Lipinski definition) is 6. The van der Waals surface area contributed by atoms with Crippen molar-refractivity contribution < 1.29 is 0 Å². The Morgan fingerprint density at radius 1 is 1.19 bits per heavy atom. The summed E-state index contributed by atoms with van der Waals surface area (Å²) in [5.41, 5.74) is 3.34. The third kappa shape index (κ3) is 2.06. The fourth-order valence-electron chi connectivity index (χ4n) is 2.78. The molecule has 0 aromatic carbocycles. The molecule has 0 spiro atoms. The summed E-state index contributed by atoms with van der Waals surface area (Å²) in [4.78, 5) is 17.2. The lowest BCUT2D eigenvalue weighted by Crippen LogP contribution is -2.43. The molecule has 6 heteroatoms. The van der Waals surface area contributed by atoms with Gasteiger partial charge in [-0.3, -0.25) is 0 Å². The first-order chi connectivity index (χ1) is 10.2. The van der Waals surface area contributed by atoms with E-state index in [0.29, 0.717) is 0 Å². The maximum absolute atomic E-state index is 4.72. The molecule has 4 rings (SSSR count). The summed E-state index contributed by atoms with van der Waals surface area (Å²) in [6.45, 7) is 8.16. The van der Waals surface area contributed by atoms with Crippen molar-refractivity contribution in [3.63, 3.8) is 0 Å². The number of thiophene rings is 1. The van der Waals surface area contributed by atoms with Crippen molar-refractivity contribution in [2.24, 2.45) is 0 Å². The summed E-state index contributed by atoms with van der Waals surface area (Å²) in [7, 11) is 0. The molecule has 3 aromatic heterocycles. The largest absolute Gasteiger partial charge is 0.353 e. The van der Waals surface area contributed by atoms with Gasteiger partial charge in [0.1, 0.15) is 17.0 Å². The molecule has 1 aliphatic rings. The van der Waals surface area contributed by atoms with E-state index in [1.54, 1.807) is 17.7 Å². The highest BCUT2D eigenvalue weighted by molar-refractivity contribution is 7.25. The van der Waals surface area contributed by atoms with Crippen LogP contribution in [0, 0.1) is 13.8 Å². The number of anilines is 1. The van der Waals surface area contributed by atoms with Gasteiger partial charge >= 0.3 is 0 Å². The number of aromatic nitrogens is 3. The predicted octanol–water partition coefficient (Wildman–Crippen LogP) is 2.27. The van der Waals surface area contributed by atoms with Crippen LogP contribution in [0.1, 0.15) is 11.3 Å². The van der Waals surface area contributed by atoms with Crippen molar-refractivity contribution in [3.05, 3.63) is 23.7 Å². The van der Waals surface area contributed by atoms with Gasteiger partial charge in [0.15, 0.2) is 0 Å². The normalized spacial score (nSPS) is 16.0. The predicted molar refractivity (Wildman–Crippen MR) is 87.3 cm³/mol. The van der Waals surface area contributed by atoms with Crippen LogP contribution in [-0.2, 0) is 0 Å². The quantitative estimate of drug-likeness (QED) is 0.747. The van der Waals surface area contributed by atoms with Crippen LogP contribution in [0.25, 0.3) is 20.4 Å².